The Morgan fingerprint density at radius 3 is 1.40 bits per heavy atom. The van der Waals surface area contributed by atoms with Crippen molar-refractivity contribution >= 4 is 11.7 Å². The number of hydrogen-bond acceptors (Lipinski definition) is 6. The maximum atomic E-state index is 5.07. The van der Waals surface area contributed by atoms with Crippen molar-refractivity contribution in [3.63, 3.8) is 0 Å². The fraction of sp³-hybridized carbons (Fsp3) is 0.0238. The highest BCUT2D eigenvalue weighted by Gasteiger charge is 2.21. The summed E-state index contributed by atoms with van der Waals surface area (Å²) in [4.78, 5) is 24.7. The Balaban J connectivity index is 1.17. The van der Waals surface area contributed by atoms with Gasteiger partial charge in [0.25, 0.3) is 0 Å². The number of benzene rings is 6. The summed E-state index contributed by atoms with van der Waals surface area (Å²) in [6.07, 6.45) is -0.318. The van der Waals surface area contributed by atoms with Crippen LogP contribution < -0.4 is 5.32 Å². The molecule has 1 atom stereocenters. The fourth-order valence-electron chi connectivity index (χ4n) is 5.74. The second-order valence-corrected chi connectivity index (χ2v) is 11.4. The second-order valence-electron chi connectivity index (χ2n) is 11.4. The van der Waals surface area contributed by atoms with Crippen molar-refractivity contribution in [1.82, 2.24) is 20.3 Å². The van der Waals surface area contributed by atoms with E-state index in [1.807, 2.05) is 115 Å². The van der Waals surface area contributed by atoms with Crippen LogP contribution in [0.15, 0.2) is 180 Å². The van der Waals surface area contributed by atoms with E-state index in [9.17, 15) is 0 Å². The largest absolute Gasteiger partial charge is 0.344 e. The van der Waals surface area contributed by atoms with Crippen molar-refractivity contribution in [3.05, 3.63) is 187 Å². The first kappa shape index (κ1) is 28.9. The Morgan fingerprint density at radius 2 is 0.812 bits per heavy atom. The van der Waals surface area contributed by atoms with E-state index in [1.54, 1.807) is 0 Å². The first-order valence-corrected chi connectivity index (χ1v) is 15.9. The first-order valence-electron chi connectivity index (χ1n) is 15.9. The van der Waals surface area contributed by atoms with Crippen LogP contribution in [0.25, 0.3) is 45.3 Å². The molecule has 0 radical (unpaired) electrons. The second kappa shape index (κ2) is 13.1. The molecule has 1 N–H and O–H groups in total. The number of aromatic nitrogens is 3. The molecule has 8 rings (SSSR count). The van der Waals surface area contributed by atoms with Gasteiger partial charge in [-0.3, -0.25) is 0 Å². The summed E-state index contributed by atoms with van der Waals surface area (Å²) < 4.78 is 0. The van der Waals surface area contributed by atoms with Crippen LogP contribution in [-0.2, 0) is 0 Å². The lowest BCUT2D eigenvalue weighted by Gasteiger charge is -2.24. The molecule has 0 bridgehead atoms. The van der Waals surface area contributed by atoms with Gasteiger partial charge in [-0.05, 0) is 28.8 Å². The Labute approximate surface area is 279 Å². The quantitative estimate of drug-likeness (QED) is 0.193. The van der Waals surface area contributed by atoms with Gasteiger partial charge in [0.15, 0.2) is 23.3 Å². The van der Waals surface area contributed by atoms with Crippen molar-refractivity contribution in [2.45, 2.75) is 6.17 Å². The maximum absolute atomic E-state index is 5.07. The molecule has 6 heteroatoms. The number of nitrogens with zero attached hydrogens (tertiary/aromatic N) is 5. The smallest absolute Gasteiger partial charge is 0.164 e. The molecule has 0 saturated carbocycles. The van der Waals surface area contributed by atoms with Crippen LogP contribution in [0.2, 0.25) is 0 Å². The van der Waals surface area contributed by atoms with E-state index >= 15 is 0 Å². The average molecular weight is 619 g/mol. The third-order valence-electron chi connectivity index (χ3n) is 8.18. The zero-order chi connectivity index (χ0) is 32.1. The van der Waals surface area contributed by atoms with Crippen molar-refractivity contribution in [2.75, 3.05) is 0 Å². The molecule has 48 heavy (non-hydrogen) atoms. The van der Waals surface area contributed by atoms with E-state index in [0.717, 1.165) is 50.3 Å². The molecule has 228 valence electrons. The molecule has 6 nitrogen and oxygen atoms in total. The first-order chi connectivity index (χ1) is 23.8. The van der Waals surface area contributed by atoms with Crippen LogP contribution in [-0.4, -0.2) is 26.6 Å². The van der Waals surface area contributed by atoms with Crippen LogP contribution in [0.3, 0.4) is 0 Å². The third kappa shape index (κ3) is 6.15. The van der Waals surface area contributed by atoms with E-state index in [0.29, 0.717) is 23.3 Å². The van der Waals surface area contributed by atoms with Gasteiger partial charge in [-0.1, -0.05) is 158 Å². The van der Waals surface area contributed by atoms with Gasteiger partial charge < -0.3 is 5.32 Å². The Morgan fingerprint density at radius 1 is 0.375 bits per heavy atom. The van der Waals surface area contributed by atoms with Gasteiger partial charge in [-0.2, -0.15) is 0 Å². The van der Waals surface area contributed by atoms with Gasteiger partial charge in [-0.25, -0.2) is 24.9 Å². The van der Waals surface area contributed by atoms with Gasteiger partial charge in [0, 0.05) is 27.8 Å². The molecule has 0 amide bonds. The summed E-state index contributed by atoms with van der Waals surface area (Å²) in [5, 5.41) is 3.58. The lowest BCUT2D eigenvalue weighted by atomic mass is 9.99. The highest BCUT2D eigenvalue weighted by Crippen LogP contribution is 2.30. The van der Waals surface area contributed by atoms with Gasteiger partial charge in [-0.15, -0.1) is 0 Å². The number of amidine groups is 2. The molecule has 1 aliphatic rings. The maximum Gasteiger partial charge on any atom is 0.164 e. The molecule has 7 aromatic rings. The molecule has 0 spiro atoms. The molecular weight excluding hydrogens is 589 g/mol. The summed E-state index contributed by atoms with van der Waals surface area (Å²) in [6, 6.07) is 57.2. The Hall–Kier alpha value is -6.53. The van der Waals surface area contributed by atoms with E-state index in [1.165, 1.54) is 0 Å². The van der Waals surface area contributed by atoms with Crippen LogP contribution in [0.5, 0.6) is 0 Å². The predicted molar refractivity (Wildman–Crippen MR) is 193 cm³/mol. The van der Waals surface area contributed by atoms with E-state index < -0.39 is 0 Å². The van der Waals surface area contributed by atoms with Crippen LogP contribution >= 0.6 is 0 Å². The minimum atomic E-state index is -0.318. The van der Waals surface area contributed by atoms with Gasteiger partial charge >= 0.3 is 0 Å². The molecule has 1 aliphatic heterocycles. The Kier molecular flexibility index (Phi) is 7.87. The zero-order valence-corrected chi connectivity index (χ0v) is 26.0. The van der Waals surface area contributed by atoms with Crippen LogP contribution in [0.4, 0.5) is 0 Å². The fourth-order valence-corrected chi connectivity index (χ4v) is 5.74. The van der Waals surface area contributed by atoms with Gasteiger partial charge in [0.1, 0.15) is 12.0 Å². The summed E-state index contributed by atoms with van der Waals surface area (Å²) in [5.74, 6) is 3.39. The highest BCUT2D eigenvalue weighted by molar-refractivity contribution is 6.13. The standard InChI is InChI=1S/C42H30N6/c1-5-15-29(16-6-1)37-43-38(30-17-7-2-8-18-30)46-41(45-37)35-25-13-23-33(27-35)34-24-14-26-36(28-34)42-47-39(31-19-9-3-10-20-31)44-40(48-42)32-21-11-4-12-22-32/h1-28,41H,(H,43,45,46). The van der Waals surface area contributed by atoms with Crippen molar-refractivity contribution < 1.29 is 0 Å². The van der Waals surface area contributed by atoms with Crippen LogP contribution in [0.1, 0.15) is 22.9 Å². The summed E-state index contributed by atoms with van der Waals surface area (Å²) in [6.45, 7) is 0. The van der Waals surface area contributed by atoms with Crippen LogP contribution in [0, 0.1) is 0 Å². The lowest BCUT2D eigenvalue weighted by molar-refractivity contribution is 0.674. The molecule has 0 saturated heterocycles. The number of nitrogens with one attached hydrogen (secondary N) is 1. The molecule has 2 heterocycles. The molecular formula is C42H30N6. The number of hydrogen-bond donors (Lipinski definition) is 1. The molecule has 1 aromatic heterocycles. The molecule has 6 aromatic carbocycles. The summed E-state index contributed by atoms with van der Waals surface area (Å²) in [5.41, 5.74) is 7.93. The summed E-state index contributed by atoms with van der Waals surface area (Å²) >= 11 is 0. The highest BCUT2D eigenvalue weighted by atomic mass is 15.2. The van der Waals surface area contributed by atoms with Gasteiger partial charge in [0.2, 0.25) is 0 Å². The SMILES string of the molecule is c1ccc(C2=NC(c3cccc(-c4cccc(-c5nc(-c6ccccc6)nc(-c6ccccc6)n5)c4)c3)NC(c3ccccc3)=N2)cc1. The molecule has 1 unspecified atom stereocenters. The minimum absolute atomic E-state index is 0.318. The van der Waals surface area contributed by atoms with Crippen molar-refractivity contribution in [1.29, 1.82) is 0 Å². The monoisotopic (exact) mass is 618 g/mol. The Bertz CT molecular complexity index is 2190. The number of aliphatic imine (C=N–C) groups is 2. The van der Waals surface area contributed by atoms with Crippen molar-refractivity contribution in [3.8, 4) is 45.3 Å². The lowest BCUT2D eigenvalue weighted by Crippen LogP contribution is -2.33. The number of rotatable bonds is 7. The predicted octanol–water partition coefficient (Wildman–Crippen LogP) is 9.04. The minimum Gasteiger partial charge on any atom is -0.344 e. The van der Waals surface area contributed by atoms with E-state index in [2.05, 4.69) is 59.9 Å². The third-order valence-corrected chi connectivity index (χ3v) is 8.18. The zero-order valence-electron chi connectivity index (χ0n) is 26.0. The topological polar surface area (TPSA) is 75.4 Å². The normalized spacial score (nSPS) is 14.0. The van der Waals surface area contributed by atoms with E-state index in [-0.39, 0.29) is 6.17 Å². The molecule has 0 fully saturated rings. The summed E-state index contributed by atoms with van der Waals surface area (Å²) in [7, 11) is 0. The molecule has 0 aliphatic carbocycles. The van der Waals surface area contributed by atoms with Gasteiger partial charge in [0.05, 0.1) is 0 Å². The van der Waals surface area contributed by atoms with E-state index in [4.69, 9.17) is 24.9 Å². The van der Waals surface area contributed by atoms with Crippen molar-refractivity contribution in [2.24, 2.45) is 9.98 Å². The average Bonchev–Trinajstić information content (AvgIpc) is 3.19.